The average molecular weight is 362 g/mol. The molecule has 0 spiro atoms. The SMILES string of the molecule is CCOc1ccc(N2C(=O)/C(=C\c3ccc(C)s3)SC2=S)cc1. The zero-order valence-corrected chi connectivity index (χ0v) is 15.2. The number of aryl methyl sites for hydroxylation is 1. The fourth-order valence-corrected chi connectivity index (χ4v) is 4.39. The fraction of sp³-hybridized carbons (Fsp3) is 0.176. The molecule has 1 amide bonds. The molecule has 1 aromatic heterocycles. The Morgan fingerprint density at radius 1 is 1.22 bits per heavy atom. The lowest BCUT2D eigenvalue weighted by Gasteiger charge is -2.15. The Kier molecular flexibility index (Phi) is 4.84. The minimum atomic E-state index is -0.0739. The van der Waals surface area contributed by atoms with Crippen molar-refractivity contribution in [2.45, 2.75) is 13.8 Å². The van der Waals surface area contributed by atoms with Crippen molar-refractivity contribution < 1.29 is 9.53 Å². The maximum absolute atomic E-state index is 12.7. The number of thiocarbonyl (C=S) groups is 1. The topological polar surface area (TPSA) is 29.5 Å². The zero-order valence-electron chi connectivity index (χ0n) is 12.7. The molecule has 1 fully saturated rings. The van der Waals surface area contributed by atoms with E-state index >= 15 is 0 Å². The van der Waals surface area contributed by atoms with Crippen LogP contribution in [0.1, 0.15) is 16.7 Å². The van der Waals surface area contributed by atoms with Crippen LogP contribution in [0.5, 0.6) is 5.75 Å². The number of thioether (sulfide) groups is 1. The van der Waals surface area contributed by atoms with E-state index < -0.39 is 0 Å². The Hall–Kier alpha value is -1.63. The molecule has 0 N–H and O–H groups in total. The number of nitrogens with zero attached hydrogens (tertiary/aromatic N) is 1. The Balaban J connectivity index is 1.85. The number of carbonyl (C=O) groups excluding carboxylic acids is 1. The zero-order chi connectivity index (χ0) is 16.4. The minimum absolute atomic E-state index is 0.0739. The summed E-state index contributed by atoms with van der Waals surface area (Å²) < 4.78 is 5.98. The monoisotopic (exact) mass is 361 g/mol. The van der Waals surface area contributed by atoms with Crippen LogP contribution in [-0.4, -0.2) is 16.8 Å². The Labute approximate surface area is 149 Å². The molecule has 118 valence electrons. The van der Waals surface area contributed by atoms with Gasteiger partial charge < -0.3 is 4.74 Å². The van der Waals surface area contributed by atoms with Crippen LogP contribution in [-0.2, 0) is 4.79 Å². The van der Waals surface area contributed by atoms with Crippen molar-refractivity contribution in [2.75, 3.05) is 11.5 Å². The summed E-state index contributed by atoms with van der Waals surface area (Å²) in [5.74, 6) is 0.710. The summed E-state index contributed by atoms with van der Waals surface area (Å²) >= 11 is 8.38. The summed E-state index contributed by atoms with van der Waals surface area (Å²) in [6.07, 6.45) is 1.91. The molecule has 0 saturated carbocycles. The van der Waals surface area contributed by atoms with E-state index in [0.29, 0.717) is 15.8 Å². The standard InChI is InChI=1S/C17H15NO2S3/c1-3-20-13-7-5-12(6-8-13)18-16(19)15(23-17(18)21)10-14-9-4-11(2)22-14/h4-10H,3H2,1-2H3/b15-10+. The van der Waals surface area contributed by atoms with Crippen molar-refractivity contribution >= 4 is 57.3 Å². The highest BCUT2D eigenvalue weighted by atomic mass is 32.2. The summed E-state index contributed by atoms with van der Waals surface area (Å²) in [5.41, 5.74) is 0.765. The first-order valence-corrected chi connectivity index (χ1v) is 9.20. The third-order valence-corrected chi connectivity index (χ3v) is 5.48. The highest BCUT2D eigenvalue weighted by Crippen LogP contribution is 2.37. The summed E-state index contributed by atoms with van der Waals surface area (Å²) in [5, 5.41) is 0. The average Bonchev–Trinajstić information content (AvgIpc) is 3.05. The van der Waals surface area contributed by atoms with E-state index in [9.17, 15) is 4.79 Å². The van der Waals surface area contributed by atoms with Gasteiger partial charge in [-0.05, 0) is 56.3 Å². The lowest BCUT2D eigenvalue weighted by atomic mass is 10.2. The summed E-state index contributed by atoms with van der Waals surface area (Å²) in [7, 11) is 0. The second kappa shape index (κ2) is 6.86. The Morgan fingerprint density at radius 3 is 2.57 bits per heavy atom. The molecule has 1 aromatic carbocycles. The molecule has 23 heavy (non-hydrogen) atoms. The summed E-state index contributed by atoms with van der Waals surface area (Å²) in [4.78, 5) is 17.2. The van der Waals surface area contributed by atoms with E-state index in [0.717, 1.165) is 16.3 Å². The fourth-order valence-electron chi connectivity index (χ4n) is 2.21. The van der Waals surface area contributed by atoms with Gasteiger partial charge in [-0.2, -0.15) is 0 Å². The molecule has 1 aliphatic rings. The second-order valence-corrected chi connectivity index (χ2v) is 7.89. The molecule has 3 rings (SSSR count). The van der Waals surface area contributed by atoms with Crippen LogP contribution in [0, 0.1) is 6.92 Å². The molecule has 3 nitrogen and oxygen atoms in total. The summed E-state index contributed by atoms with van der Waals surface area (Å²) in [6.45, 7) is 4.60. The molecule has 2 heterocycles. The van der Waals surface area contributed by atoms with Crippen LogP contribution in [0.4, 0.5) is 5.69 Å². The Bertz CT molecular complexity index is 777. The molecule has 0 bridgehead atoms. The van der Waals surface area contributed by atoms with Gasteiger partial charge in [0, 0.05) is 9.75 Å². The predicted octanol–water partition coefficient (Wildman–Crippen LogP) is 4.86. The van der Waals surface area contributed by atoms with Crippen molar-refractivity contribution in [1.29, 1.82) is 0 Å². The van der Waals surface area contributed by atoms with Crippen LogP contribution in [0.25, 0.3) is 6.08 Å². The van der Waals surface area contributed by atoms with Crippen LogP contribution in [0.15, 0.2) is 41.3 Å². The molecule has 2 aromatic rings. The van der Waals surface area contributed by atoms with Crippen molar-refractivity contribution in [3.05, 3.63) is 51.1 Å². The van der Waals surface area contributed by atoms with Gasteiger partial charge in [0.05, 0.1) is 17.2 Å². The van der Waals surface area contributed by atoms with E-state index in [1.165, 1.54) is 16.6 Å². The third kappa shape index (κ3) is 3.49. The molecule has 1 aliphatic heterocycles. The van der Waals surface area contributed by atoms with E-state index in [-0.39, 0.29) is 5.91 Å². The number of amides is 1. The largest absolute Gasteiger partial charge is 0.494 e. The molecular formula is C17H15NO2S3. The van der Waals surface area contributed by atoms with E-state index in [1.54, 1.807) is 16.2 Å². The second-order valence-electron chi connectivity index (χ2n) is 4.89. The number of ether oxygens (including phenoxy) is 1. The number of thiophene rings is 1. The highest BCUT2D eigenvalue weighted by Gasteiger charge is 2.33. The quantitative estimate of drug-likeness (QED) is 0.574. The molecule has 6 heteroatoms. The van der Waals surface area contributed by atoms with Gasteiger partial charge in [0.1, 0.15) is 5.75 Å². The molecule has 0 unspecified atom stereocenters. The van der Waals surface area contributed by atoms with Crippen molar-refractivity contribution in [1.82, 2.24) is 0 Å². The molecule has 0 radical (unpaired) electrons. The number of hydrogen-bond donors (Lipinski definition) is 0. The van der Waals surface area contributed by atoms with Gasteiger partial charge >= 0.3 is 0 Å². The molecule has 0 atom stereocenters. The normalized spacial score (nSPS) is 16.4. The lowest BCUT2D eigenvalue weighted by molar-refractivity contribution is -0.113. The first-order chi connectivity index (χ1) is 11.1. The van der Waals surface area contributed by atoms with E-state index in [2.05, 4.69) is 0 Å². The van der Waals surface area contributed by atoms with Crippen LogP contribution in [0.3, 0.4) is 0 Å². The van der Waals surface area contributed by atoms with Crippen LogP contribution < -0.4 is 9.64 Å². The molecule has 0 aliphatic carbocycles. The Morgan fingerprint density at radius 2 is 1.96 bits per heavy atom. The first-order valence-electron chi connectivity index (χ1n) is 7.15. The van der Waals surface area contributed by atoms with E-state index in [1.807, 2.05) is 56.3 Å². The van der Waals surface area contributed by atoms with E-state index in [4.69, 9.17) is 17.0 Å². The van der Waals surface area contributed by atoms with Gasteiger partial charge in [-0.1, -0.05) is 24.0 Å². The number of hydrogen-bond acceptors (Lipinski definition) is 5. The maximum atomic E-state index is 12.7. The number of anilines is 1. The van der Waals surface area contributed by atoms with Gasteiger partial charge in [0.2, 0.25) is 0 Å². The van der Waals surface area contributed by atoms with Crippen LogP contribution in [0.2, 0.25) is 0 Å². The van der Waals surface area contributed by atoms with Gasteiger partial charge in [0.25, 0.3) is 5.91 Å². The maximum Gasteiger partial charge on any atom is 0.270 e. The molecule has 1 saturated heterocycles. The van der Waals surface area contributed by atoms with Gasteiger partial charge in [-0.3, -0.25) is 9.69 Å². The smallest absolute Gasteiger partial charge is 0.270 e. The van der Waals surface area contributed by atoms with Gasteiger partial charge in [-0.15, -0.1) is 11.3 Å². The van der Waals surface area contributed by atoms with Gasteiger partial charge in [0.15, 0.2) is 4.32 Å². The number of benzene rings is 1. The van der Waals surface area contributed by atoms with Crippen molar-refractivity contribution in [3.8, 4) is 5.75 Å². The summed E-state index contributed by atoms with van der Waals surface area (Å²) in [6, 6.07) is 11.5. The van der Waals surface area contributed by atoms with Crippen molar-refractivity contribution in [2.24, 2.45) is 0 Å². The van der Waals surface area contributed by atoms with Gasteiger partial charge in [-0.25, -0.2) is 0 Å². The minimum Gasteiger partial charge on any atom is -0.494 e. The highest BCUT2D eigenvalue weighted by molar-refractivity contribution is 8.27. The van der Waals surface area contributed by atoms with Crippen molar-refractivity contribution in [3.63, 3.8) is 0 Å². The number of carbonyl (C=O) groups is 1. The lowest BCUT2D eigenvalue weighted by Crippen LogP contribution is -2.27. The molecular weight excluding hydrogens is 346 g/mol. The first kappa shape index (κ1) is 16.2. The predicted molar refractivity (Wildman–Crippen MR) is 102 cm³/mol. The van der Waals surface area contributed by atoms with Crippen LogP contribution >= 0.6 is 35.3 Å². The number of rotatable bonds is 4. The third-order valence-electron chi connectivity index (χ3n) is 3.23.